The molecule has 1 heterocycles. The maximum absolute atomic E-state index is 12.2. The van der Waals surface area contributed by atoms with Gasteiger partial charge >= 0.3 is 12.1 Å². The molecule has 1 saturated carbocycles. The van der Waals surface area contributed by atoms with Crippen LogP contribution < -0.4 is 0 Å². The molecule has 1 N–H and O–H groups in total. The van der Waals surface area contributed by atoms with E-state index in [1.165, 1.54) is 4.90 Å². The number of benzene rings is 1. The SMILES string of the molecule is O=C(O)[C@@H]1[C@@H]2CCC[C@@H]2CN1C(=O)OCc1ccccc1. The molecule has 1 aromatic carbocycles. The molecule has 1 amide bonds. The number of ether oxygens (including phenoxy) is 1. The Bertz CT molecular complexity index is 530. The van der Waals surface area contributed by atoms with Crippen LogP contribution in [0.1, 0.15) is 24.8 Å². The summed E-state index contributed by atoms with van der Waals surface area (Å²) >= 11 is 0. The zero-order valence-electron chi connectivity index (χ0n) is 11.8. The van der Waals surface area contributed by atoms with Crippen molar-refractivity contribution in [3.05, 3.63) is 35.9 Å². The summed E-state index contributed by atoms with van der Waals surface area (Å²) in [4.78, 5) is 25.1. The van der Waals surface area contributed by atoms with Gasteiger partial charge in [-0.15, -0.1) is 0 Å². The third-order valence-corrected chi connectivity index (χ3v) is 4.58. The van der Waals surface area contributed by atoms with E-state index in [-0.39, 0.29) is 12.5 Å². The van der Waals surface area contributed by atoms with Crippen molar-refractivity contribution in [2.75, 3.05) is 6.54 Å². The van der Waals surface area contributed by atoms with E-state index in [4.69, 9.17) is 4.74 Å². The Hall–Kier alpha value is -2.04. The molecule has 0 aromatic heterocycles. The monoisotopic (exact) mass is 289 g/mol. The number of carboxylic acids is 1. The molecule has 2 aliphatic rings. The average molecular weight is 289 g/mol. The Morgan fingerprint density at radius 2 is 2.00 bits per heavy atom. The van der Waals surface area contributed by atoms with Crippen molar-refractivity contribution in [1.82, 2.24) is 4.90 Å². The highest BCUT2D eigenvalue weighted by Crippen LogP contribution is 2.42. The van der Waals surface area contributed by atoms with Gasteiger partial charge in [0.15, 0.2) is 0 Å². The maximum Gasteiger partial charge on any atom is 0.410 e. The van der Waals surface area contributed by atoms with Crippen molar-refractivity contribution >= 4 is 12.1 Å². The molecule has 5 heteroatoms. The van der Waals surface area contributed by atoms with E-state index in [1.54, 1.807) is 0 Å². The number of carbonyl (C=O) groups excluding carboxylic acids is 1. The molecule has 1 aliphatic heterocycles. The van der Waals surface area contributed by atoms with E-state index in [1.807, 2.05) is 30.3 Å². The van der Waals surface area contributed by atoms with Crippen molar-refractivity contribution < 1.29 is 19.4 Å². The van der Waals surface area contributed by atoms with Gasteiger partial charge in [-0.1, -0.05) is 36.8 Å². The largest absolute Gasteiger partial charge is 0.480 e. The second-order valence-electron chi connectivity index (χ2n) is 5.83. The van der Waals surface area contributed by atoms with Gasteiger partial charge in [-0.3, -0.25) is 4.90 Å². The van der Waals surface area contributed by atoms with Crippen molar-refractivity contribution in [3.63, 3.8) is 0 Å². The molecular formula is C16H19NO4. The minimum Gasteiger partial charge on any atom is -0.480 e. The van der Waals surface area contributed by atoms with E-state index in [2.05, 4.69) is 0 Å². The van der Waals surface area contributed by atoms with Gasteiger partial charge in [0, 0.05) is 6.54 Å². The second-order valence-corrected chi connectivity index (χ2v) is 5.83. The number of fused-ring (bicyclic) bond motifs is 1. The number of aliphatic carboxylic acids is 1. The summed E-state index contributed by atoms with van der Waals surface area (Å²) in [6.07, 6.45) is 2.45. The number of carboxylic acid groups (broad SMARTS) is 1. The molecule has 3 atom stereocenters. The van der Waals surface area contributed by atoms with E-state index < -0.39 is 18.1 Å². The van der Waals surface area contributed by atoms with E-state index in [9.17, 15) is 14.7 Å². The first-order valence-corrected chi connectivity index (χ1v) is 7.37. The predicted molar refractivity (Wildman–Crippen MR) is 75.6 cm³/mol. The number of hydrogen-bond acceptors (Lipinski definition) is 3. The molecule has 3 rings (SSSR count). The molecule has 2 fully saturated rings. The summed E-state index contributed by atoms with van der Waals surface area (Å²) in [7, 11) is 0. The van der Waals surface area contributed by atoms with Gasteiger partial charge in [0.1, 0.15) is 12.6 Å². The smallest absolute Gasteiger partial charge is 0.410 e. The van der Waals surface area contributed by atoms with Crippen LogP contribution in [0.25, 0.3) is 0 Å². The summed E-state index contributed by atoms with van der Waals surface area (Å²) in [5, 5.41) is 9.42. The minimum atomic E-state index is -0.916. The highest BCUT2D eigenvalue weighted by molar-refractivity contribution is 5.81. The second kappa shape index (κ2) is 5.76. The number of nitrogens with zero attached hydrogens (tertiary/aromatic N) is 1. The fraction of sp³-hybridized carbons (Fsp3) is 0.500. The number of likely N-dealkylation sites (tertiary alicyclic amines) is 1. The first-order chi connectivity index (χ1) is 10.2. The van der Waals surface area contributed by atoms with Crippen LogP contribution in [-0.2, 0) is 16.1 Å². The van der Waals surface area contributed by atoms with Crippen LogP contribution in [0, 0.1) is 11.8 Å². The quantitative estimate of drug-likeness (QED) is 0.928. The number of rotatable bonds is 3. The van der Waals surface area contributed by atoms with Crippen molar-refractivity contribution in [2.24, 2.45) is 11.8 Å². The summed E-state index contributed by atoms with van der Waals surface area (Å²) in [6, 6.07) is 8.68. The average Bonchev–Trinajstić information content (AvgIpc) is 3.05. The van der Waals surface area contributed by atoms with Crippen LogP contribution in [0.4, 0.5) is 4.79 Å². The predicted octanol–water partition coefficient (Wildman–Crippen LogP) is 2.51. The van der Waals surface area contributed by atoms with E-state index >= 15 is 0 Å². The number of carbonyl (C=O) groups is 2. The summed E-state index contributed by atoms with van der Waals surface area (Å²) < 4.78 is 5.28. The Labute approximate surface area is 123 Å². The van der Waals surface area contributed by atoms with Crippen LogP contribution in [0.5, 0.6) is 0 Å². The molecule has 1 aliphatic carbocycles. The lowest BCUT2D eigenvalue weighted by molar-refractivity contribution is -0.143. The Morgan fingerprint density at radius 1 is 1.24 bits per heavy atom. The molecule has 21 heavy (non-hydrogen) atoms. The molecule has 0 radical (unpaired) electrons. The normalized spacial score (nSPS) is 27.4. The summed E-state index contributed by atoms with van der Waals surface area (Å²) in [6.45, 7) is 0.688. The Kier molecular flexibility index (Phi) is 3.82. The maximum atomic E-state index is 12.2. The van der Waals surface area contributed by atoms with Crippen LogP contribution in [0.2, 0.25) is 0 Å². The van der Waals surface area contributed by atoms with Gasteiger partial charge < -0.3 is 9.84 Å². The molecule has 112 valence electrons. The molecule has 5 nitrogen and oxygen atoms in total. The third-order valence-electron chi connectivity index (χ3n) is 4.58. The van der Waals surface area contributed by atoms with Gasteiger partial charge in [0.05, 0.1) is 0 Å². The van der Waals surface area contributed by atoms with Gasteiger partial charge in [-0.05, 0) is 30.2 Å². The minimum absolute atomic E-state index is 0.0896. The molecule has 0 unspecified atom stereocenters. The highest BCUT2D eigenvalue weighted by Gasteiger charge is 2.50. The van der Waals surface area contributed by atoms with E-state index in [0.717, 1.165) is 24.8 Å². The first kappa shape index (κ1) is 13.9. The highest BCUT2D eigenvalue weighted by atomic mass is 16.6. The van der Waals surface area contributed by atoms with E-state index in [0.29, 0.717) is 12.5 Å². The summed E-state index contributed by atoms with van der Waals surface area (Å²) in [5.41, 5.74) is 0.900. The van der Waals surface area contributed by atoms with Gasteiger partial charge in [0.25, 0.3) is 0 Å². The lowest BCUT2D eigenvalue weighted by atomic mass is 9.94. The zero-order valence-corrected chi connectivity index (χ0v) is 11.8. The van der Waals surface area contributed by atoms with Crippen LogP contribution in [-0.4, -0.2) is 34.7 Å². The van der Waals surface area contributed by atoms with Crippen LogP contribution in [0.3, 0.4) is 0 Å². The lowest BCUT2D eigenvalue weighted by Crippen LogP contribution is -2.43. The van der Waals surface area contributed by atoms with Gasteiger partial charge in [0.2, 0.25) is 0 Å². The van der Waals surface area contributed by atoms with Crippen molar-refractivity contribution in [1.29, 1.82) is 0 Å². The molecular weight excluding hydrogens is 270 g/mol. The van der Waals surface area contributed by atoms with Gasteiger partial charge in [-0.25, -0.2) is 9.59 Å². The standard InChI is InChI=1S/C16H19NO4/c18-15(19)14-13-8-4-7-12(13)9-17(14)16(20)21-10-11-5-2-1-3-6-11/h1-3,5-6,12-14H,4,7-10H2,(H,18,19)/t12-,13-,14+/m1/s1. The molecule has 0 spiro atoms. The third kappa shape index (κ3) is 2.73. The fourth-order valence-electron chi connectivity index (χ4n) is 3.61. The first-order valence-electron chi connectivity index (χ1n) is 7.37. The number of hydrogen-bond donors (Lipinski definition) is 1. The Morgan fingerprint density at radius 3 is 2.71 bits per heavy atom. The van der Waals surface area contributed by atoms with Gasteiger partial charge in [-0.2, -0.15) is 0 Å². The molecule has 1 aromatic rings. The molecule has 0 bridgehead atoms. The number of amides is 1. The van der Waals surface area contributed by atoms with Crippen molar-refractivity contribution in [3.8, 4) is 0 Å². The summed E-state index contributed by atoms with van der Waals surface area (Å²) in [5.74, 6) is -0.511. The Balaban J connectivity index is 1.65. The van der Waals surface area contributed by atoms with Crippen LogP contribution in [0.15, 0.2) is 30.3 Å². The fourth-order valence-corrected chi connectivity index (χ4v) is 3.61. The zero-order chi connectivity index (χ0) is 14.8. The topological polar surface area (TPSA) is 66.8 Å². The van der Waals surface area contributed by atoms with Crippen molar-refractivity contribution in [2.45, 2.75) is 31.9 Å². The molecule has 1 saturated heterocycles. The lowest BCUT2D eigenvalue weighted by Gasteiger charge is -2.23. The van der Waals surface area contributed by atoms with Crippen LogP contribution >= 0.6 is 0 Å².